The summed E-state index contributed by atoms with van der Waals surface area (Å²) in [7, 11) is 1.34. The van der Waals surface area contributed by atoms with Gasteiger partial charge in [0.2, 0.25) is 0 Å². The number of ketones is 1. The summed E-state index contributed by atoms with van der Waals surface area (Å²) in [5.41, 5.74) is 1.03. The molecule has 0 saturated carbocycles. The zero-order valence-electron chi connectivity index (χ0n) is 14.0. The van der Waals surface area contributed by atoms with E-state index < -0.39 is 24.2 Å². The number of carbonyl (C=O) groups is 2. The van der Waals surface area contributed by atoms with Crippen LogP contribution in [0.25, 0.3) is 10.2 Å². The number of thiazole rings is 1. The molecular formula is C19H16FNO4S. The van der Waals surface area contributed by atoms with Crippen molar-refractivity contribution >= 4 is 33.3 Å². The van der Waals surface area contributed by atoms with E-state index in [4.69, 9.17) is 9.47 Å². The summed E-state index contributed by atoms with van der Waals surface area (Å²) < 4.78 is 24.5. The minimum absolute atomic E-state index is 0.0504. The van der Waals surface area contributed by atoms with Gasteiger partial charge in [0.25, 0.3) is 0 Å². The smallest absolute Gasteiger partial charge is 0.306 e. The molecule has 2 aromatic carbocycles. The molecule has 0 N–H and O–H groups in total. The predicted molar refractivity (Wildman–Crippen MR) is 96.2 cm³/mol. The molecule has 0 radical (unpaired) electrons. The number of benzene rings is 2. The van der Waals surface area contributed by atoms with Gasteiger partial charge in [0, 0.05) is 12.0 Å². The van der Waals surface area contributed by atoms with Crippen molar-refractivity contribution in [3.8, 4) is 5.75 Å². The van der Waals surface area contributed by atoms with Crippen LogP contribution in [0, 0.1) is 5.82 Å². The summed E-state index contributed by atoms with van der Waals surface area (Å²) in [5, 5.41) is 0.840. The number of ether oxygens (including phenoxy) is 2. The molecule has 0 aliphatic carbocycles. The Bertz CT molecular complexity index is 921. The number of halogens is 1. The van der Waals surface area contributed by atoms with Crippen LogP contribution in [0.4, 0.5) is 4.39 Å². The number of esters is 1. The van der Waals surface area contributed by atoms with Gasteiger partial charge in [-0.3, -0.25) is 9.59 Å². The molecule has 1 aromatic heterocycles. The maximum atomic E-state index is 13.6. The molecule has 0 amide bonds. The Kier molecular flexibility index (Phi) is 5.58. The molecule has 0 saturated heterocycles. The lowest BCUT2D eigenvalue weighted by Crippen LogP contribution is -2.14. The van der Waals surface area contributed by atoms with Crippen LogP contribution in [0.5, 0.6) is 5.75 Å². The Balaban J connectivity index is 1.50. The van der Waals surface area contributed by atoms with E-state index in [9.17, 15) is 14.0 Å². The molecule has 0 spiro atoms. The molecule has 5 nitrogen and oxygen atoms in total. The average Bonchev–Trinajstić information content (AvgIpc) is 3.07. The van der Waals surface area contributed by atoms with E-state index >= 15 is 0 Å². The van der Waals surface area contributed by atoms with Gasteiger partial charge in [-0.25, -0.2) is 9.37 Å². The Morgan fingerprint density at radius 1 is 1.19 bits per heavy atom. The minimum atomic E-state index is -0.638. The number of nitrogens with zero attached hydrogens (tertiary/aromatic N) is 1. The molecule has 3 aromatic rings. The number of aryl methyl sites for hydroxylation is 1. The Morgan fingerprint density at radius 2 is 2.00 bits per heavy atom. The summed E-state index contributed by atoms with van der Waals surface area (Å²) in [6.07, 6.45) is 0.577. The summed E-state index contributed by atoms with van der Waals surface area (Å²) >= 11 is 1.53. The molecule has 134 valence electrons. The maximum absolute atomic E-state index is 13.6. The second-order valence-corrected chi connectivity index (χ2v) is 6.62. The third-order valence-corrected chi connectivity index (χ3v) is 4.82. The highest BCUT2D eigenvalue weighted by Crippen LogP contribution is 2.22. The predicted octanol–water partition coefficient (Wildman–Crippen LogP) is 3.80. The van der Waals surface area contributed by atoms with Crippen molar-refractivity contribution < 1.29 is 23.5 Å². The molecule has 1 heterocycles. The van der Waals surface area contributed by atoms with Crippen molar-refractivity contribution in [2.75, 3.05) is 13.7 Å². The fourth-order valence-electron chi connectivity index (χ4n) is 2.38. The molecule has 0 aliphatic rings. The Morgan fingerprint density at radius 3 is 2.73 bits per heavy atom. The summed E-state index contributed by atoms with van der Waals surface area (Å²) in [6.45, 7) is -0.426. The van der Waals surface area contributed by atoms with Gasteiger partial charge < -0.3 is 9.47 Å². The lowest BCUT2D eigenvalue weighted by atomic mass is 10.1. The Labute approximate surface area is 153 Å². The molecular weight excluding hydrogens is 357 g/mol. The van der Waals surface area contributed by atoms with E-state index in [0.29, 0.717) is 6.42 Å². The summed E-state index contributed by atoms with van der Waals surface area (Å²) in [4.78, 5) is 28.3. The van der Waals surface area contributed by atoms with Crippen molar-refractivity contribution in [3.05, 3.63) is 58.9 Å². The molecule has 0 bridgehead atoms. The number of Topliss-reactive ketones (excluding diaryl/α,β-unsaturated/α-hetero) is 1. The second-order valence-electron chi connectivity index (χ2n) is 5.51. The molecule has 7 heteroatoms. The van der Waals surface area contributed by atoms with Crippen LogP contribution in [0.3, 0.4) is 0 Å². The van der Waals surface area contributed by atoms with Crippen molar-refractivity contribution in [1.29, 1.82) is 0 Å². The first-order chi connectivity index (χ1) is 12.6. The van der Waals surface area contributed by atoms with Crippen molar-refractivity contribution in [2.45, 2.75) is 12.8 Å². The normalized spacial score (nSPS) is 10.7. The second kappa shape index (κ2) is 8.05. The number of rotatable bonds is 7. The van der Waals surface area contributed by atoms with Gasteiger partial charge in [-0.15, -0.1) is 11.3 Å². The van der Waals surface area contributed by atoms with Crippen LogP contribution in [0.1, 0.15) is 21.8 Å². The van der Waals surface area contributed by atoms with Crippen LogP contribution in [-0.2, 0) is 16.0 Å². The number of methoxy groups -OCH3 is 1. The first kappa shape index (κ1) is 18.0. The molecule has 0 unspecified atom stereocenters. The number of carbonyl (C=O) groups excluding carboxylic acids is 2. The average molecular weight is 373 g/mol. The van der Waals surface area contributed by atoms with Crippen LogP contribution in [-0.4, -0.2) is 30.5 Å². The molecule has 3 rings (SSSR count). The van der Waals surface area contributed by atoms with Gasteiger partial charge in [0.1, 0.15) is 0 Å². The quantitative estimate of drug-likeness (QED) is 0.465. The molecule has 0 atom stereocenters. The maximum Gasteiger partial charge on any atom is 0.306 e. The summed E-state index contributed by atoms with van der Waals surface area (Å²) in [5.74, 6) is -1.55. The zero-order valence-corrected chi connectivity index (χ0v) is 14.8. The van der Waals surface area contributed by atoms with E-state index in [-0.39, 0.29) is 17.7 Å². The highest BCUT2D eigenvalue weighted by Gasteiger charge is 2.13. The van der Waals surface area contributed by atoms with Crippen LogP contribution in [0.15, 0.2) is 42.5 Å². The van der Waals surface area contributed by atoms with E-state index in [1.54, 1.807) is 0 Å². The minimum Gasteiger partial charge on any atom is -0.494 e. The van der Waals surface area contributed by atoms with E-state index in [2.05, 4.69) is 4.98 Å². The number of para-hydroxylation sites is 1. The number of aromatic nitrogens is 1. The highest BCUT2D eigenvalue weighted by molar-refractivity contribution is 7.18. The third kappa shape index (κ3) is 4.23. The van der Waals surface area contributed by atoms with Gasteiger partial charge in [-0.1, -0.05) is 12.1 Å². The highest BCUT2D eigenvalue weighted by atomic mass is 32.1. The molecule has 0 fully saturated rings. The monoisotopic (exact) mass is 373 g/mol. The fourth-order valence-corrected chi connectivity index (χ4v) is 3.34. The van der Waals surface area contributed by atoms with E-state index in [1.807, 2.05) is 24.3 Å². The number of hydrogen-bond acceptors (Lipinski definition) is 6. The largest absolute Gasteiger partial charge is 0.494 e. The standard InChI is InChI=1S/C19H16FNO4S/c1-24-16-7-6-12(10-13(16)20)15(22)11-25-19(23)9-8-18-21-14-4-2-3-5-17(14)26-18/h2-7,10H,8-9,11H2,1H3. The van der Waals surface area contributed by atoms with E-state index in [0.717, 1.165) is 21.3 Å². The van der Waals surface area contributed by atoms with Crippen molar-refractivity contribution in [3.63, 3.8) is 0 Å². The fraction of sp³-hybridized carbons (Fsp3) is 0.211. The number of hydrogen-bond donors (Lipinski definition) is 0. The SMILES string of the molecule is COc1ccc(C(=O)COC(=O)CCc2nc3ccccc3s2)cc1F. The van der Waals surface area contributed by atoms with Gasteiger partial charge in [-0.05, 0) is 30.3 Å². The zero-order chi connectivity index (χ0) is 18.5. The van der Waals surface area contributed by atoms with Gasteiger partial charge in [-0.2, -0.15) is 0 Å². The first-order valence-electron chi connectivity index (χ1n) is 7.93. The van der Waals surface area contributed by atoms with Crippen LogP contribution in [0.2, 0.25) is 0 Å². The molecule has 0 aliphatic heterocycles. The third-order valence-electron chi connectivity index (χ3n) is 3.72. The lowest BCUT2D eigenvalue weighted by molar-refractivity contribution is -0.142. The van der Waals surface area contributed by atoms with Crippen molar-refractivity contribution in [2.24, 2.45) is 0 Å². The number of fused-ring (bicyclic) bond motifs is 1. The van der Waals surface area contributed by atoms with Gasteiger partial charge in [0.15, 0.2) is 24.0 Å². The Hall–Kier alpha value is -2.80. The lowest BCUT2D eigenvalue weighted by Gasteiger charge is -2.06. The molecule has 26 heavy (non-hydrogen) atoms. The van der Waals surface area contributed by atoms with Crippen LogP contribution < -0.4 is 4.74 Å². The van der Waals surface area contributed by atoms with E-state index in [1.165, 1.54) is 30.6 Å². The topological polar surface area (TPSA) is 65.5 Å². The van der Waals surface area contributed by atoms with Gasteiger partial charge in [0.05, 0.1) is 28.8 Å². The van der Waals surface area contributed by atoms with Crippen LogP contribution >= 0.6 is 11.3 Å². The van der Waals surface area contributed by atoms with Crippen molar-refractivity contribution in [1.82, 2.24) is 4.98 Å². The summed E-state index contributed by atoms with van der Waals surface area (Å²) in [6, 6.07) is 11.6. The first-order valence-corrected chi connectivity index (χ1v) is 8.75. The van der Waals surface area contributed by atoms with Gasteiger partial charge >= 0.3 is 5.97 Å².